The standard InChI is InChI=1S/C25H28N2O8/c1-27(2)9-21(28)26-23-14-8-18-17(34-25(30)35-18)7-13(14)22(15-10-33-11-16(15)23)12-5-19(31-3)24(29)20(6-12)32-4/h5-8,15-16,22-23,29H,9-11H2,1-4H3,(H,26,28)/t15-,16?,22?,23?/m1/s1. The summed E-state index contributed by atoms with van der Waals surface area (Å²) in [4.78, 5) is 26.4. The lowest BCUT2D eigenvalue weighted by molar-refractivity contribution is -0.123. The van der Waals surface area contributed by atoms with Gasteiger partial charge in [-0.05, 0) is 55.1 Å². The van der Waals surface area contributed by atoms with Gasteiger partial charge in [0.25, 0.3) is 0 Å². The van der Waals surface area contributed by atoms with Crippen LogP contribution in [-0.2, 0) is 9.53 Å². The van der Waals surface area contributed by atoms with Crippen molar-refractivity contribution in [2.45, 2.75) is 12.0 Å². The van der Waals surface area contributed by atoms with E-state index in [4.69, 9.17) is 23.0 Å². The fourth-order valence-corrected chi connectivity index (χ4v) is 5.44. The van der Waals surface area contributed by atoms with Crippen molar-refractivity contribution in [3.63, 3.8) is 0 Å². The van der Waals surface area contributed by atoms with E-state index in [-0.39, 0.29) is 53.5 Å². The third-order valence-electron chi connectivity index (χ3n) is 6.87. The molecule has 2 aromatic carbocycles. The molecule has 1 saturated heterocycles. The zero-order valence-electron chi connectivity index (χ0n) is 20.0. The highest BCUT2D eigenvalue weighted by Crippen LogP contribution is 2.53. The topological polar surface area (TPSA) is 124 Å². The van der Waals surface area contributed by atoms with Crippen LogP contribution in [0.2, 0.25) is 0 Å². The summed E-state index contributed by atoms with van der Waals surface area (Å²) in [5.74, 6) is -0.642. The number of carbonyl (C=O) groups is 1. The van der Waals surface area contributed by atoms with E-state index >= 15 is 0 Å². The van der Waals surface area contributed by atoms with Gasteiger partial charge in [0.2, 0.25) is 11.7 Å². The molecule has 10 nitrogen and oxygen atoms in total. The molecule has 3 unspecified atom stereocenters. The lowest BCUT2D eigenvalue weighted by Gasteiger charge is -2.41. The number of amides is 1. The Kier molecular flexibility index (Phi) is 5.94. The van der Waals surface area contributed by atoms with Gasteiger partial charge in [0.05, 0.1) is 40.0 Å². The molecule has 35 heavy (non-hydrogen) atoms. The zero-order chi connectivity index (χ0) is 24.9. The van der Waals surface area contributed by atoms with Gasteiger partial charge < -0.3 is 38.4 Å². The molecule has 5 rings (SSSR count). The molecule has 4 atom stereocenters. The Hall–Kier alpha value is -3.50. The van der Waals surface area contributed by atoms with E-state index in [0.29, 0.717) is 24.4 Å². The maximum Gasteiger partial charge on any atom is 0.519 e. The van der Waals surface area contributed by atoms with E-state index in [1.807, 2.05) is 14.1 Å². The SMILES string of the molecule is COc1cc(C2c3cc4oc(=O)oc4cc3C(NC(=O)CN(C)C)C3COC[C@@H]23)cc(OC)c1O. The lowest BCUT2D eigenvalue weighted by atomic mass is 9.65. The molecule has 0 bridgehead atoms. The molecule has 1 aromatic heterocycles. The summed E-state index contributed by atoms with van der Waals surface area (Å²) in [5, 5.41) is 13.6. The average molecular weight is 485 g/mol. The van der Waals surface area contributed by atoms with E-state index in [1.54, 1.807) is 29.2 Å². The van der Waals surface area contributed by atoms with Crippen molar-refractivity contribution in [2.24, 2.45) is 11.8 Å². The quantitative estimate of drug-likeness (QED) is 0.542. The van der Waals surface area contributed by atoms with E-state index in [0.717, 1.165) is 16.7 Å². The first kappa shape index (κ1) is 23.3. The van der Waals surface area contributed by atoms with E-state index in [9.17, 15) is 14.7 Å². The second kappa shape index (κ2) is 8.94. The van der Waals surface area contributed by atoms with Crippen LogP contribution in [0.25, 0.3) is 11.2 Å². The molecule has 1 amide bonds. The maximum absolute atomic E-state index is 12.8. The van der Waals surface area contributed by atoms with Crippen LogP contribution in [0.1, 0.15) is 28.7 Å². The number of hydrogen-bond acceptors (Lipinski definition) is 9. The first-order valence-electron chi connectivity index (χ1n) is 11.3. The number of phenols is 1. The van der Waals surface area contributed by atoms with Gasteiger partial charge in [0, 0.05) is 17.8 Å². The Morgan fingerprint density at radius 3 is 2.23 bits per heavy atom. The Labute approximate surface area is 201 Å². The normalized spacial score (nSPS) is 23.2. The third kappa shape index (κ3) is 4.02. The van der Waals surface area contributed by atoms with Gasteiger partial charge in [-0.3, -0.25) is 4.79 Å². The summed E-state index contributed by atoms with van der Waals surface area (Å²) >= 11 is 0. The van der Waals surface area contributed by atoms with Crippen molar-refractivity contribution in [3.8, 4) is 17.2 Å². The Bertz CT molecular complexity index is 1300. The van der Waals surface area contributed by atoms with E-state index in [1.165, 1.54) is 14.2 Å². The first-order chi connectivity index (χ1) is 16.8. The Morgan fingerprint density at radius 1 is 1.03 bits per heavy atom. The molecule has 2 heterocycles. The minimum absolute atomic E-state index is 0.00202. The lowest BCUT2D eigenvalue weighted by Crippen LogP contribution is -2.44. The molecule has 0 saturated carbocycles. The van der Waals surface area contributed by atoms with Crippen LogP contribution in [0.15, 0.2) is 37.9 Å². The molecule has 1 fully saturated rings. The number of methoxy groups -OCH3 is 2. The number of nitrogens with zero attached hydrogens (tertiary/aromatic N) is 1. The molecular weight excluding hydrogens is 456 g/mol. The number of rotatable bonds is 6. The van der Waals surface area contributed by atoms with Crippen LogP contribution in [0.4, 0.5) is 0 Å². The molecule has 1 aliphatic heterocycles. The summed E-state index contributed by atoms with van der Waals surface area (Å²) < 4.78 is 27.3. The van der Waals surface area contributed by atoms with Gasteiger partial charge >= 0.3 is 5.82 Å². The number of likely N-dealkylation sites (N-methyl/N-ethyl adjacent to an activating group) is 1. The van der Waals surface area contributed by atoms with Gasteiger partial charge in [-0.25, -0.2) is 4.79 Å². The summed E-state index contributed by atoms with van der Waals surface area (Å²) in [6.07, 6.45) is 0. The molecule has 1 aliphatic carbocycles. The fraction of sp³-hybridized carbons (Fsp3) is 0.440. The maximum atomic E-state index is 12.8. The van der Waals surface area contributed by atoms with Crippen molar-refractivity contribution in [1.82, 2.24) is 10.2 Å². The average Bonchev–Trinajstić information content (AvgIpc) is 3.43. The second-order valence-electron chi connectivity index (χ2n) is 9.28. The summed E-state index contributed by atoms with van der Waals surface area (Å²) in [6.45, 7) is 1.18. The van der Waals surface area contributed by atoms with Crippen molar-refractivity contribution < 1.29 is 32.9 Å². The van der Waals surface area contributed by atoms with Crippen LogP contribution in [0.3, 0.4) is 0 Å². The largest absolute Gasteiger partial charge is 0.519 e. The molecule has 0 spiro atoms. The van der Waals surface area contributed by atoms with Gasteiger partial charge in [0.1, 0.15) is 0 Å². The monoisotopic (exact) mass is 484 g/mol. The number of carbonyl (C=O) groups excluding carboxylic acids is 1. The minimum atomic E-state index is -0.788. The predicted molar refractivity (Wildman–Crippen MR) is 125 cm³/mol. The highest BCUT2D eigenvalue weighted by molar-refractivity contribution is 5.80. The molecule has 2 N–H and O–H groups in total. The molecule has 0 radical (unpaired) electrons. The molecule has 10 heteroatoms. The van der Waals surface area contributed by atoms with E-state index < -0.39 is 5.82 Å². The molecule has 186 valence electrons. The van der Waals surface area contributed by atoms with Crippen molar-refractivity contribution in [3.05, 3.63) is 51.6 Å². The number of hydrogen-bond donors (Lipinski definition) is 2. The van der Waals surface area contributed by atoms with Gasteiger partial charge in [-0.15, -0.1) is 0 Å². The van der Waals surface area contributed by atoms with Crippen LogP contribution in [0, 0.1) is 11.8 Å². The van der Waals surface area contributed by atoms with Crippen LogP contribution in [-0.4, -0.2) is 64.0 Å². The zero-order valence-corrected chi connectivity index (χ0v) is 20.0. The predicted octanol–water partition coefficient (Wildman–Crippen LogP) is 2.24. The van der Waals surface area contributed by atoms with Gasteiger partial charge in [0.15, 0.2) is 22.7 Å². The number of fused-ring (bicyclic) bond motifs is 3. The number of phenolic OH excluding ortho intramolecular Hbond substituents is 1. The smallest absolute Gasteiger partial charge is 0.502 e. The first-order valence-corrected chi connectivity index (χ1v) is 11.3. The van der Waals surface area contributed by atoms with Crippen molar-refractivity contribution in [2.75, 3.05) is 48.1 Å². The summed E-state index contributed by atoms with van der Waals surface area (Å²) in [5.41, 5.74) is 3.20. The summed E-state index contributed by atoms with van der Waals surface area (Å²) in [7, 11) is 6.63. The number of ether oxygens (including phenoxy) is 3. The third-order valence-corrected chi connectivity index (χ3v) is 6.87. The highest BCUT2D eigenvalue weighted by atomic mass is 16.6. The van der Waals surface area contributed by atoms with Gasteiger partial charge in [-0.2, -0.15) is 0 Å². The fourth-order valence-electron chi connectivity index (χ4n) is 5.44. The summed E-state index contributed by atoms with van der Waals surface area (Å²) in [6, 6.07) is 6.79. The minimum Gasteiger partial charge on any atom is -0.502 e. The number of aromatic hydroxyl groups is 1. The van der Waals surface area contributed by atoms with E-state index in [2.05, 4.69) is 5.32 Å². The number of benzene rings is 2. The van der Waals surface area contributed by atoms with Crippen LogP contribution in [0.5, 0.6) is 17.2 Å². The van der Waals surface area contributed by atoms with Crippen molar-refractivity contribution in [1.29, 1.82) is 0 Å². The number of nitrogens with one attached hydrogen (secondary N) is 1. The highest BCUT2D eigenvalue weighted by Gasteiger charge is 2.48. The second-order valence-corrected chi connectivity index (χ2v) is 9.28. The Morgan fingerprint density at radius 2 is 1.63 bits per heavy atom. The molecule has 2 aliphatic rings. The van der Waals surface area contributed by atoms with Crippen molar-refractivity contribution >= 4 is 17.1 Å². The molecule has 3 aromatic rings. The van der Waals surface area contributed by atoms with Crippen LogP contribution < -0.4 is 20.6 Å². The molecular formula is C25H28N2O8. The Balaban J connectivity index is 1.70. The van der Waals surface area contributed by atoms with Crippen LogP contribution >= 0.6 is 0 Å². The van der Waals surface area contributed by atoms with Gasteiger partial charge in [-0.1, -0.05) is 0 Å².